The molecule has 12 heterocycles. The molecule has 15 rings (SSSR count). The van der Waals surface area contributed by atoms with E-state index in [2.05, 4.69) is 118 Å². The van der Waals surface area contributed by atoms with Gasteiger partial charge in [0, 0.05) is 193 Å². The highest BCUT2D eigenvalue weighted by Gasteiger charge is 2.25. The average molecular weight is 1500 g/mol. The number of pyridine rings is 2. The number of rotatable bonds is 22. The molecule has 0 saturated carbocycles. The number of aromatic nitrogens is 18. The predicted molar refractivity (Wildman–Crippen MR) is 417 cm³/mol. The number of ether oxygens (including phenoxy) is 4. The zero-order valence-electron chi connectivity index (χ0n) is 62.6. The van der Waals surface area contributed by atoms with Crippen LogP contribution in [0.15, 0.2) is 153 Å². The first-order chi connectivity index (χ1) is 54.1. The fraction of sp³-hybridized carbons (Fsp3) is 0.308. The lowest BCUT2D eigenvalue weighted by Crippen LogP contribution is -2.49. The van der Waals surface area contributed by atoms with E-state index in [1.165, 1.54) is 0 Å². The Hall–Kier alpha value is -13.0. The Balaban J connectivity index is 0.000000146. The van der Waals surface area contributed by atoms with Crippen molar-refractivity contribution in [3.05, 3.63) is 176 Å². The Morgan fingerprint density at radius 3 is 1.20 bits per heavy atom. The number of H-pyrrole nitrogens is 3. The van der Waals surface area contributed by atoms with Crippen LogP contribution in [0.25, 0.3) is 101 Å². The van der Waals surface area contributed by atoms with Crippen molar-refractivity contribution in [2.24, 2.45) is 5.92 Å². The van der Waals surface area contributed by atoms with Crippen LogP contribution in [-0.4, -0.2) is 226 Å². The molecule has 13 aromatic rings. The lowest BCUT2D eigenvalue weighted by molar-refractivity contribution is -0.136. The number of imidazole rings is 4. The van der Waals surface area contributed by atoms with Gasteiger partial charge in [-0.3, -0.25) is 45.4 Å². The smallest absolute Gasteiger partial charge is 0.413 e. The van der Waals surface area contributed by atoms with Gasteiger partial charge in [0.25, 0.3) is 0 Å². The third-order valence-corrected chi connectivity index (χ3v) is 18.3. The predicted octanol–water partition coefficient (Wildman–Crippen LogP) is 11.0. The molecule has 10 aromatic heterocycles. The molecule has 0 spiro atoms. The van der Waals surface area contributed by atoms with E-state index >= 15 is 0 Å². The molecule has 2 saturated heterocycles. The van der Waals surface area contributed by atoms with E-state index in [1.54, 1.807) is 102 Å². The summed E-state index contributed by atoms with van der Waals surface area (Å²) in [5, 5.41) is 7.86. The van der Waals surface area contributed by atoms with Gasteiger partial charge in [-0.2, -0.15) is 0 Å². The number of hydrogen-bond donors (Lipinski definition) is 6. The highest BCUT2D eigenvalue weighted by molar-refractivity contribution is 5.99. The van der Waals surface area contributed by atoms with Gasteiger partial charge in [0.15, 0.2) is 17.5 Å². The minimum Gasteiger partial charge on any atom is -0.450 e. The molecule has 111 heavy (non-hydrogen) atoms. The second-order valence-electron chi connectivity index (χ2n) is 26.2. The van der Waals surface area contributed by atoms with E-state index in [0.717, 1.165) is 151 Å². The summed E-state index contributed by atoms with van der Waals surface area (Å²) in [5.74, 6) is 4.25. The SMILES string of the molecule is CCOC(=O)Nc1nc2c(-c3ncccn3)cc(-c3ccc(CN4CCN(C(=O)C(C)C)CC4)nc3)cc2[nH]1.CCOC(=O)Nc1nc2c(-c3ncccn3)cc(-c3ccc(CN4CCN(CCOC)CC4)nc3)cc2[nH]1.CCOC(=O)Nc1nc2c(-c3ncccn3)cc(-c3cnc(Cn4ccnc4C)nc3)cc2[nH]1. The van der Waals surface area contributed by atoms with Crippen LogP contribution in [0.5, 0.6) is 0 Å². The Kier molecular flexibility index (Phi) is 24.9. The maximum absolute atomic E-state index is 12.3. The van der Waals surface area contributed by atoms with Crippen LogP contribution in [-0.2, 0) is 43.4 Å². The third kappa shape index (κ3) is 19.5. The Bertz CT molecular complexity index is 5280. The first-order valence-electron chi connectivity index (χ1n) is 36.5. The number of nitrogens with one attached hydrogen (secondary N) is 6. The highest BCUT2D eigenvalue weighted by atomic mass is 16.6. The minimum absolute atomic E-state index is 0.0288. The van der Waals surface area contributed by atoms with Crippen LogP contribution in [0.2, 0.25) is 0 Å². The number of hydrogen-bond acceptors (Lipinski definition) is 25. The summed E-state index contributed by atoms with van der Waals surface area (Å²) in [7, 11) is 1.75. The molecule has 2 fully saturated rings. The minimum atomic E-state index is -0.587. The molecule has 2 aliphatic rings. The normalized spacial score (nSPS) is 13.3. The number of carbonyl (C=O) groups is 4. The van der Waals surface area contributed by atoms with Gasteiger partial charge >= 0.3 is 18.3 Å². The number of methoxy groups -OCH3 is 1. The maximum Gasteiger partial charge on any atom is 0.413 e. The molecule has 2 aliphatic heterocycles. The summed E-state index contributed by atoms with van der Waals surface area (Å²) < 4.78 is 22.1. The van der Waals surface area contributed by atoms with Gasteiger partial charge in [-0.15, -0.1) is 0 Å². The van der Waals surface area contributed by atoms with Gasteiger partial charge in [-0.1, -0.05) is 26.0 Å². The van der Waals surface area contributed by atoms with Gasteiger partial charge in [-0.25, -0.2) is 74.2 Å². The zero-order valence-corrected chi connectivity index (χ0v) is 62.6. The molecule has 33 nitrogen and oxygen atoms in total. The quantitative estimate of drug-likeness (QED) is 0.0343. The van der Waals surface area contributed by atoms with Crippen molar-refractivity contribution in [3.8, 4) is 67.5 Å². The Morgan fingerprint density at radius 1 is 0.450 bits per heavy atom. The number of amides is 4. The van der Waals surface area contributed by atoms with Crippen molar-refractivity contribution < 1.29 is 38.1 Å². The topological polar surface area (TPSA) is 387 Å². The van der Waals surface area contributed by atoms with Gasteiger partial charge in [0.1, 0.15) is 28.2 Å². The summed E-state index contributed by atoms with van der Waals surface area (Å²) in [5.41, 5.74) is 13.7. The molecule has 0 aliphatic carbocycles. The number of anilines is 3. The second-order valence-corrected chi connectivity index (χ2v) is 26.2. The molecule has 4 amide bonds. The molecule has 570 valence electrons. The maximum atomic E-state index is 12.3. The first kappa shape index (κ1) is 76.2. The van der Waals surface area contributed by atoms with Crippen molar-refractivity contribution in [2.75, 3.05) is 108 Å². The van der Waals surface area contributed by atoms with Crippen LogP contribution < -0.4 is 16.0 Å². The van der Waals surface area contributed by atoms with E-state index in [9.17, 15) is 19.2 Å². The van der Waals surface area contributed by atoms with Crippen LogP contribution in [0, 0.1) is 12.8 Å². The monoisotopic (exact) mass is 1500 g/mol. The number of aromatic amines is 3. The second kappa shape index (κ2) is 36.3. The summed E-state index contributed by atoms with van der Waals surface area (Å²) in [6.07, 6.45) is 19.3. The summed E-state index contributed by atoms with van der Waals surface area (Å²) in [6.45, 7) is 23.0. The van der Waals surface area contributed by atoms with Gasteiger partial charge in [-0.05, 0) is 111 Å². The Labute approximate surface area is 638 Å². The van der Waals surface area contributed by atoms with E-state index in [4.69, 9.17) is 28.9 Å². The lowest BCUT2D eigenvalue weighted by atomic mass is 10.0. The molecule has 6 N–H and O–H groups in total. The van der Waals surface area contributed by atoms with Crippen LogP contribution in [0.3, 0.4) is 0 Å². The van der Waals surface area contributed by atoms with Crippen LogP contribution >= 0.6 is 0 Å². The molecule has 0 atom stereocenters. The number of carbonyl (C=O) groups excluding carboxylic acids is 4. The van der Waals surface area contributed by atoms with Crippen molar-refractivity contribution in [3.63, 3.8) is 0 Å². The van der Waals surface area contributed by atoms with E-state index in [-0.39, 0.29) is 43.5 Å². The molecule has 0 radical (unpaired) electrons. The summed E-state index contributed by atoms with van der Waals surface area (Å²) >= 11 is 0. The zero-order chi connectivity index (χ0) is 77.2. The molecular weight excluding hydrogens is 1420 g/mol. The average Bonchev–Trinajstić information content (AvgIpc) is 1.60. The third-order valence-electron chi connectivity index (χ3n) is 18.3. The number of nitrogens with zero attached hydrogens (tertiary/aromatic N) is 19. The number of benzene rings is 3. The fourth-order valence-corrected chi connectivity index (χ4v) is 12.7. The number of fused-ring (bicyclic) bond motifs is 3. The first-order valence-corrected chi connectivity index (χ1v) is 36.5. The van der Waals surface area contributed by atoms with Crippen LogP contribution in [0.1, 0.15) is 57.7 Å². The standard InChI is InChI=1S/C28H32N8O3.C27H32N8O3.C23H21N9O2/c1-4-39-28(38)34-27-32-23-15-20(14-22(24(23)33-27)25-29-8-5-9-30-25)19-6-7-21(31-16-19)17-35-10-12-36(13-11-35)26(37)18(2)3;1-3-38-27(36)33-26-31-23-16-20(15-22(24(23)32-26)25-28-7-4-8-29-25)19-5-6-21(30-17-19)18-35-11-9-34(10-12-35)13-14-37-2;1-3-34-23(33)31-22-29-18-10-15(9-17(20(18)30-22)21-25-5-4-6-26-21)16-11-27-19(28-12-16)13-32-8-7-24-14(32)2/h5-9,14-16,18H,4,10-13,17H2,1-3H3,(H2,32,33,34,38);4-8,15-17H,3,9-14,18H2,1-2H3,(H2,31,32,33,36);4-12H,3,13H2,1-2H3,(H2,29,30,31,33). The molecule has 0 unspecified atom stereocenters. The van der Waals surface area contributed by atoms with E-state index < -0.39 is 18.3 Å². The van der Waals surface area contributed by atoms with Gasteiger partial charge in [0.05, 0.1) is 60.9 Å². The Morgan fingerprint density at radius 2 is 0.838 bits per heavy atom. The van der Waals surface area contributed by atoms with E-state index in [1.807, 2.05) is 97.4 Å². The molecular formula is C78H85N25O8. The van der Waals surface area contributed by atoms with Crippen molar-refractivity contribution in [1.82, 2.24) is 109 Å². The van der Waals surface area contributed by atoms with Crippen LogP contribution in [0.4, 0.5) is 32.2 Å². The van der Waals surface area contributed by atoms with Crippen molar-refractivity contribution in [1.29, 1.82) is 0 Å². The van der Waals surface area contributed by atoms with Crippen molar-refractivity contribution in [2.45, 2.75) is 61.2 Å². The molecule has 33 heteroatoms. The largest absolute Gasteiger partial charge is 0.450 e. The highest BCUT2D eigenvalue weighted by Crippen LogP contribution is 2.36. The fourth-order valence-electron chi connectivity index (χ4n) is 12.7. The number of piperazine rings is 2. The summed E-state index contributed by atoms with van der Waals surface area (Å²) in [6, 6.07) is 25.3. The number of aryl methyl sites for hydroxylation is 1. The van der Waals surface area contributed by atoms with Gasteiger partial charge < -0.3 is 43.4 Å². The lowest BCUT2D eigenvalue weighted by Gasteiger charge is -2.35. The molecule has 0 bridgehead atoms. The summed E-state index contributed by atoms with van der Waals surface area (Å²) in [4.78, 5) is 129. The molecule has 3 aromatic carbocycles. The van der Waals surface area contributed by atoms with Gasteiger partial charge in [0.2, 0.25) is 23.8 Å². The van der Waals surface area contributed by atoms with E-state index in [0.29, 0.717) is 63.4 Å². The van der Waals surface area contributed by atoms with Crippen molar-refractivity contribution >= 4 is 75.1 Å².